The summed E-state index contributed by atoms with van der Waals surface area (Å²) >= 11 is 0. The minimum atomic E-state index is -4.50. The molecule has 0 radical (unpaired) electrons. The summed E-state index contributed by atoms with van der Waals surface area (Å²) in [6.07, 6.45) is 9.64. The predicted octanol–water partition coefficient (Wildman–Crippen LogP) is 16.9. The topological polar surface area (TPSA) is 185 Å². The minimum Gasteiger partial charge on any atom is -0.497 e. The Hall–Kier alpha value is -6.58. The molecule has 20 nitrogen and oxygen atoms in total. The molecule has 6 heterocycles. The van der Waals surface area contributed by atoms with E-state index < -0.39 is 70.4 Å². The maximum atomic E-state index is 8.54. The van der Waals surface area contributed by atoms with Gasteiger partial charge < -0.3 is 87.3 Å². The lowest BCUT2D eigenvalue weighted by Gasteiger charge is -2.63. The number of ether oxygens (including phenoxy) is 8. The fourth-order valence-corrected chi connectivity index (χ4v) is 65.4. The lowest BCUT2D eigenvalue weighted by Crippen LogP contribution is -2.88. The van der Waals surface area contributed by atoms with Crippen molar-refractivity contribution in [3.63, 3.8) is 0 Å². The average molecular weight is 1610 g/mol. The molecule has 14 rings (SSSR count). The SMILES string of the molecule is COc1ccc(CCC[Si]23O[Si]4(CCCc5ccc(OC)cc5)O[Si]5(CCCc6ccc(OC)cc6)O[Si](CCCc6ccc(OC)cc6)(O2)O[Si]2(CCCc6ccc(OC)cc6)O[Si](CCCc6ccc(OC)cc6)(O3)O[Si](CCCc3ccc(OC)cc3)(O4)O[Si](CCCc3ccc(OC)cc3)(O5)O2)cc1. The molecule has 0 N–H and O–H groups in total. The van der Waals surface area contributed by atoms with Crippen LogP contribution < -0.4 is 37.9 Å². The van der Waals surface area contributed by atoms with E-state index in [2.05, 4.69) is 97.1 Å². The summed E-state index contributed by atoms with van der Waals surface area (Å²) in [5.74, 6) is 6.16. The van der Waals surface area contributed by atoms with E-state index in [1.54, 1.807) is 56.9 Å². The molecule has 6 aliphatic heterocycles. The number of methoxy groups -OCH3 is 8. The summed E-state index contributed by atoms with van der Waals surface area (Å²) in [6, 6.07) is 68.2. The zero-order valence-electron chi connectivity index (χ0n) is 63.6. The van der Waals surface area contributed by atoms with Crippen LogP contribution in [0.15, 0.2) is 194 Å². The summed E-state index contributed by atoms with van der Waals surface area (Å²) in [5.41, 5.74) is 8.84. The highest BCUT2D eigenvalue weighted by molar-refractivity contribution is 7.03. The van der Waals surface area contributed by atoms with Gasteiger partial charge in [0.2, 0.25) is 0 Å². The van der Waals surface area contributed by atoms with Gasteiger partial charge in [-0.15, -0.1) is 0 Å². The number of aryl methyl sites for hydroxylation is 8. The predicted molar refractivity (Wildman–Crippen MR) is 428 cm³/mol. The van der Waals surface area contributed by atoms with Gasteiger partial charge in [0.1, 0.15) is 46.0 Å². The second-order valence-corrected chi connectivity index (χ2v) is 53.0. The van der Waals surface area contributed by atoms with Gasteiger partial charge in [-0.1, -0.05) is 97.1 Å². The summed E-state index contributed by atoms with van der Waals surface area (Å²) in [6.45, 7) is 0. The van der Waals surface area contributed by atoms with E-state index >= 15 is 0 Å². The molecule has 0 saturated carbocycles. The van der Waals surface area contributed by atoms with Crippen LogP contribution in [0.1, 0.15) is 95.9 Å². The molecule has 6 fully saturated rings. The molecule has 0 spiro atoms. The Morgan fingerprint density at radius 1 is 0.157 bits per heavy atom. The zero-order chi connectivity index (χ0) is 75.0. The van der Waals surface area contributed by atoms with E-state index in [9.17, 15) is 0 Å². The second-order valence-electron chi connectivity index (χ2n) is 28.3. The van der Waals surface area contributed by atoms with E-state index in [-0.39, 0.29) is 0 Å². The van der Waals surface area contributed by atoms with E-state index in [0.717, 1.165) is 90.5 Å². The number of benzene rings is 8. The van der Waals surface area contributed by atoms with Gasteiger partial charge in [0, 0.05) is 48.4 Å². The first-order valence-corrected chi connectivity index (χ1v) is 53.5. The van der Waals surface area contributed by atoms with Crippen LogP contribution in [-0.2, 0) is 101 Å². The Kier molecular flexibility index (Phi) is 26.7. The highest BCUT2D eigenvalue weighted by Crippen LogP contribution is 2.56. The van der Waals surface area contributed by atoms with Crippen molar-refractivity contribution in [1.82, 2.24) is 0 Å². The fourth-order valence-electron chi connectivity index (χ4n) is 15.0. The summed E-state index contributed by atoms with van der Waals surface area (Å²) in [4.78, 5) is 0. The monoisotopic (exact) mass is 1610 g/mol. The van der Waals surface area contributed by atoms with Crippen molar-refractivity contribution < 1.29 is 87.3 Å². The van der Waals surface area contributed by atoms with E-state index in [0.29, 0.717) is 151 Å². The molecule has 0 aliphatic carbocycles. The van der Waals surface area contributed by atoms with Crippen LogP contribution in [0.4, 0.5) is 0 Å². The summed E-state index contributed by atoms with van der Waals surface area (Å²) in [5, 5.41) is 0. The lowest BCUT2D eigenvalue weighted by atomic mass is 10.1. The van der Waals surface area contributed by atoms with Gasteiger partial charge in [0.15, 0.2) is 0 Å². The third-order valence-corrected chi connectivity index (χ3v) is 58.2. The van der Waals surface area contributed by atoms with E-state index in [1.807, 2.05) is 97.1 Å². The van der Waals surface area contributed by atoms with Crippen LogP contribution in [0.25, 0.3) is 0 Å². The lowest BCUT2D eigenvalue weighted by molar-refractivity contribution is -0.0311. The molecule has 576 valence electrons. The maximum absolute atomic E-state index is 8.54. The van der Waals surface area contributed by atoms with Gasteiger partial charge >= 0.3 is 70.4 Å². The molecule has 0 amide bonds. The first-order valence-electron chi connectivity index (χ1n) is 38.0. The van der Waals surface area contributed by atoms with Crippen LogP contribution in [0, 0.1) is 0 Å². The van der Waals surface area contributed by atoms with Gasteiger partial charge in [-0.3, -0.25) is 0 Å². The first kappa shape index (κ1) is 79.5. The van der Waals surface area contributed by atoms with Gasteiger partial charge in [-0.05, 0) is 244 Å². The third-order valence-electron chi connectivity index (χ3n) is 20.6. The van der Waals surface area contributed by atoms with Crippen molar-refractivity contribution in [2.24, 2.45) is 0 Å². The molecule has 0 atom stereocenters. The number of hydrogen-bond donors (Lipinski definition) is 0. The Morgan fingerprint density at radius 3 is 0.333 bits per heavy atom. The molecule has 28 heteroatoms. The molecule has 108 heavy (non-hydrogen) atoms. The Balaban J connectivity index is 1.03. The molecule has 6 saturated heterocycles. The van der Waals surface area contributed by atoms with E-state index in [1.165, 1.54) is 0 Å². The van der Waals surface area contributed by atoms with Crippen molar-refractivity contribution in [1.29, 1.82) is 0 Å². The summed E-state index contributed by atoms with van der Waals surface area (Å²) < 4.78 is 148. The molecule has 6 aliphatic rings. The summed E-state index contributed by atoms with van der Waals surface area (Å²) in [7, 11) is -22.5. The standard InChI is InChI=1S/C80H104O20Si8/c1-81-73-41-25-65(26-42-73)17-9-57-101-89-102(58-10-18-66-27-43-74(82-2)44-28-66)92-105(61-13-21-69-33-49-77(85-5)50-34-69)94-103(90-101,59-11-19-67-29-45-75(83-3)46-30-67)96-107(63-15-23-71-37-53-79(87-7)54-38-71)97-104(91-101,60-12-20-68-31-47-76(84-4)48-32-68)95-106(93-102,62-14-22-70-35-51-78(86-6)52-36-70)99-108(98-105,100-107)64-16-24-72-39-55-80(88-8)56-40-72/h25-56H,9-24,57-64H2,1-8H3. The van der Waals surface area contributed by atoms with Crippen molar-refractivity contribution in [2.75, 3.05) is 56.9 Å². The molecule has 0 unspecified atom stereocenters. The highest BCUT2D eigenvalue weighted by Gasteiger charge is 2.83. The van der Waals surface area contributed by atoms with Crippen molar-refractivity contribution in [3.05, 3.63) is 239 Å². The third kappa shape index (κ3) is 20.4. The largest absolute Gasteiger partial charge is 0.497 e. The van der Waals surface area contributed by atoms with Crippen LogP contribution in [0.2, 0.25) is 48.4 Å². The second kappa shape index (κ2) is 36.3. The van der Waals surface area contributed by atoms with Crippen LogP contribution in [0.5, 0.6) is 46.0 Å². The Bertz CT molecular complexity index is 3250. The Morgan fingerprint density at radius 2 is 0.250 bits per heavy atom. The highest BCUT2D eigenvalue weighted by atomic mass is 28.6. The van der Waals surface area contributed by atoms with Gasteiger partial charge in [0.05, 0.1) is 56.9 Å². The maximum Gasteiger partial charge on any atom is 0.478 e. The fraction of sp³-hybridized carbons (Fsp3) is 0.400. The first-order chi connectivity index (χ1) is 52.6. The van der Waals surface area contributed by atoms with Crippen LogP contribution >= 0.6 is 0 Å². The number of hydrogen-bond acceptors (Lipinski definition) is 20. The molecule has 8 aromatic carbocycles. The average Bonchev–Trinajstić information content (AvgIpc) is 0.686. The van der Waals surface area contributed by atoms with E-state index in [4.69, 9.17) is 87.3 Å². The smallest absolute Gasteiger partial charge is 0.478 e. The van der Waals surface area contributed by atoms with Crippen molar-refractivity contribution >= 4 is 70.4 Å². The zero-order valence-corrected chi connectivity index (χ0v) is 71.6. The van der Waals surface area contributed by atoms with Crippen LogP contribution in [-0.4, -0.2) is 127 Å². The van der Waals surface area contributed by atoms with Gasteiger partial charge in [0.25, 0.3) is 0 Å². The van der Waals surface area contributed by atoms with Crippen molar-refractivity contribution in [3.8, 4) is 46.0 Å². The molecule has 0 aromatic heterocycles. The van der Waals surface area contributed by atoms with Crippen LogP contribution in [0.3, 0.4) is 0 Å². The molecule has 8 bridgehead atoms. The molecule has 8 aromatic rings. The normalized spacial score (nSPS) is 25.4. The Labute approximate surface area is 646 Å². The van der Waals surface area contributed by atoms with Crippen molar-refractivity contribution in [2.45, 2.75) is 151 Å². The minimum absolute atomic E-state index is 0.301. The quantitative estimate of drug-likeness (QED) is 0.0330. The number of rotatable bonds is 40. The molecular weight excluding hydrogens is 1510 g/mol. The molecular formula is C80H104O20Si8. The van der Waals surface area contributed by atoms with Gasteiger partial charge in [-0.2, -0.15) is 0 Å². The van der Waals surface area contributed by atoms with Gasteiger partial charge in [-0.25, -0.2) is 0 Å².